The highest BCUT2D eigenvalue weighted by Crippen LogP contribution is 2.22. The molecule has 3 nitrogen and oxygen atoms in total. The zero-order chi connectivity index (χ0) is 12.3. The van der Waals surface area contributed by atoms with Crippen molar-refractivity contribution in [2.45, 2.75) is 51.6 Å². The van der Waals surface area contributed by atoms with Gasteiger partial charge in [-0.05, 0) is 59.3 Å². The Morgan fingerprint density at radius 3 is 2.71 bits per heavy atom. The Bertz CT molecular complexity index is 240. The average molecular weight is 239 g/mol. The maximum atomic E-state index is 3.59. The van der Waals surface area contributed by atoms with Crippen LogP contribution in [0, 0.1) is 0 Å². The summed E-state index contributed by atoms with van der Waals surface area (Å²) in [6.07, 6.45) is 4.17. The molecule has 1 unspecified atom stereocenters. The van der Waals surface area contributed by atoms with E-state index in [1.165, 1.54) is 52.0 Å². The Balaban J connectivity index is 1.88. The Labute approximate surface area is 107 Å². The molecule has 17 heavy (non-hydrogen) atoms. The van der Waals surface area contributed by atoms with Gasteiger partial charge in [0.1, 0.15) is 0 Å². The molecule has 0 bridgehead atoms. The van der Waals surface area contributed by atoms with Gasteiger partial charge in [-0.15, -0.1) is 0 Å². The van der Waals surface area contributed by atoms with E-state index in [1.54, 1.807) is 0 Å². The molecule has 0 aromatic carbocycles. The topological polar surface area (TPSA) is 18.5 Å². The largest absolute Gasteiger partial charge is 0.311 e. The summed E-state index contributed by atoms with van der Waals surface area (Å²) in [6.45, 7) is 14.3. The Hall–Kier alpha value is -0.120. The minimum Gasteiger partial charge on any atom is -0.311 e. The zero-order valence-electron chi connectivity index (χ0n) is 11.8. The van der Waals surface area contributed by atoms with Crippen molar-refractivity contribution in [1.82, 2.24) is 15.1 Å². The smallest absolute Gasteiger partial charge is 0.0252 e. The van der Waals surface area contributed by atoms with Crippen molar-refractivity contribution in [1.29, 1.82) is 0 Å². The molecule has 0 aromatic heterocycles. The molecule has 2 rings (SSSR count). The van der Waals surface area contributed by atoms with Gasteiger partial charge in [0, 0.05) is 24.7 Å². The van der Waals surface area contributed by atoms with Crippen LogP contribution in [0.5, 0.6) is 0 Å². The molecule has 0 saturated carbocycles. The summed E-state index contributed by atoms with van der Waals surface area (Å²) in [7, 11) is 0. The average Bonchev–Trinajstić information content (AvgIpc) is 2.57. The van der Waals surface area contributed by atoms with Crippen LogP contribution < -0.4 is 5.32 Å². The van der Waals surface area contributed by atoms with Crippen molar-refractivity contribution in [3.05, 3.63) is 0 Å². The number of hydrogen-bond donors (Lipinski definition) is 1. The number of likely N-dealkylation sites (N-methyl/N-ethyl adjacent to an activating group) is 1. The van der Waals surface area contributed by atoms with Gasteiger partial charge < -0.3 is 5.32 Å². The molecule has 0 aromatic rings. The van der Waals surface area contributed by atoms with Crippen LogP contribution in [-0.4, -0.2) is 60.6 Å². The van der Waals surface area contributed by atoms with Crippen LogP contribution in [0.4, 0.5) is 0 Å². The number of hydrogen-bond acceptors (Lipinski definition) is 3. The minimum absolute atomic E-state index is 0.253. The van der Waals surface area contributed by atoms with Gasteiger partial charge >= 0.3 is 0 Å². The lowest BCUT2D eigenvalue weighted by atomic mass is 10.0. The van der Waals surface area contributed by atoms with E-state index in [-0.39, 0.29) is 5.54 Å². The van der Waals surface area contributed by atoms with Crippen molar-refractivity contribution in [3.8, 4) is 0 Å². The van der Waals surface area contributed by atoms with Gasteiger partial charge in [-0.2, -0.15) is 0 Å². The van der Waals surface area contributed by atoms with Gasteiger partial charge in [0.25, 0.3) is 0 Å². The van der Waals surface area contributed by atoms with Crippen molar-refractivity contribution >= 4 is 0 Å². The molecule has 0 radical (unpaired) electrons. The molecule has 3 heteroatoms. The van der Waals surface area contributed by atoms with Gasteiger partial charge in [-0.1, -0.05) is 6.92 Å². The van der Waals surface area contributed by atoms with E-state index >= 15 is 0 Å². The quantitative estimate of drug-likeness (QED) is 0.803. The van der Waals surface area contributed by atoms with Crippen molar-refractivity contribution in [2.75, 3.05) is 39.3 Å². The van der Waals surface area contributed by atoms with E-state index in [0.29, 0.717) is 0 Å². The van der Waals surface area contributed by atoms with Gasteiger partial charge in [0.15, 0.2) is 0 Å². The third-order valence-corrected chi connectivity index (χ3v) is 4.16. The third-order valence-electron chi connectivity index (χ3n) is 4.16. The van der Waals surface area contributed by atoms with Crippen LogP contribution in [-0.2, 0) is 0 Å². The van der Waals surface area contributed by atoms with E-state index in [2.05, 4.69) is 35.9 Å². The lowest BCUT2D eigenvalue weighted by Gasteiger charge is -2.34. The first kappa shape index (κ1) is 13.3. The fourth-order valence-corrected chi connectivity index (χ4v) is 3.52. The SMILES string of the molecule is CCNC(C)(C)CN1CCCN2CCCC2C1. The van der Waals surface area contributed by atoms with E-state index in [9.17, 15) is 0 Å². The predicted octanol–water partition coefficient (Wildman–Crippen LogP) is 1.54. The third kappa shape index (κ3) is 3.67. The van der Waals surface area contributed by atoms with Crippen LogP contribution in [0.25, 0.3) is 0 Å². The molecule has 0 spiro atoms. The molecular formula is C14H29N3. The maximum absolute atomic E-state index is 3.59. The predicted molar refractivity (Wildman–Crippen MR) is 73.4 cm³/mol. The molecule has 2 aliphatic heterocycles. The van der Waals surface area contributed by atoms with Crippen LogP contribution >= 0.6 is 0 Å². The number of nitrogens with zero attached hydrogens (tertiary/aromatic N) is 2. The summed E-state index contributed by atoms with van der Waals surface area (Å²) in [4.78, 5) is 5.39. The fraction of sp³-hybridized carbons (Fsp3) is 1.00. The molecule has 1 N–H and O–H groups in total. The van der Waals surface area contributed by atoms with Crippen molar-refractivity contribution in [3.63, 3.8) is 0 Å². The molecule has 2 fully saturated rings. The normalized spacial score (nSPS) is 28.1. The molecule has 0 amide bonds. The van der Waals surface area contributed by atoms with Gasteiger partial charge in [0.2, 0.25) is 0 Å². The fourth-order valence-electron chi connectivity index (χ4n) is 3.52. The molecule has 100 valence electrons. The maximum Gasteiger partial charge on any atom is 0.0252 e. The molecular weight excluding hydrogens is 210 g/mol. The molecule has 1 atom stereocenters. The number of rotatable bonds is 4. The number of fused-ring (bicyclic) bond motifs is 1. The standard InChI is InChI=1S/C14H29N3/c1-4-15-14(2,3)12-16-8-6-10-17-9-5-7-13(17)11-16/h13,15H,4-12H2,1-3H3. The summed E-state index contributed by atoms with van der Waals surface area (Å²) in [6, 6.07) is 0.843. The Morgan fingerprint density at radius 1 is 1.18 bits per heavy atom. The lowest BCUT2D eigenvalue weighted by molar-refractivity contribution is 0.180. The molecule has 2 heterocycles. The van der Waals surface area contributed by atoms with E-state index in [4.69, 9.17) is 0 Å². The first-order chi connectivity index (χ1) is 8.11. The van der Waals surface area contributed by atoms with Crippen LogP contribution in [0.15, 0.2) is 0 Å². The first-order valence-electron chi connectivity index (χ1n) is 7.32. The zero-order valence-corrected chi connectivity index (χ0v) is 11.8. The highest BCUT2D eigenvalue weighted by atomic mass is 15.3. The van der Waals surface area contributed by atoms with E-state index in [0.717, 1.165) is 12.6 Å². The van der Waals surface area contributed by atoms with Crippen molar-refractivity contribution in [2.24, 2.45) is 0 Å². The highest BCUT2D eigenvalue weighted by molar-refractivity contribution is 4.88. The van der Waals surface area contributed by atoms with Crippen molar-refractivity contribution < 1.29 is 0 Å². The van der Waals surface area contributed by atoms with Crippen LogP contribution in [0.1, 0.15) is 40.0 Å². The molecule has 2 aliphatic rings. The summed E-state index contributed by atoms with van der Waals surface area (Å²) >= 11 is 0. The summed E-state index contributed by atoms with van der Waals surface area (Å²) in [5.41, 5.74) is 0.253. The van der Waals surface area contributed by atoms with Gasteiger partial charge in [-0.25, -0.2) is 0 Å². The summed E-state index contributed by atoms with van der Waals surface area (Å²) in [5.74, 6) is 0. The van der Waals surface area contributed by atoms with Crippen LogP contribution in [0.3, 0.4) is 0 Å². The second-order valence-corrected chi connectivity index (χ2v) is 6.33. The molecule has 0 aliphatic carbocycles. The van der Waals surface area contributed by atoms with E-state index < -0.39 is 0 Å². The lowest BCUT2D eigenvalue weighted by Crippen LogP contribution is -2.50. The first-order valence-corrected chi connectivity index (χ1v) is 7.32. The monoisotopic (exact) mass is 239 g/mol. The van der Waals surface area contributed by atoms with Crippen LogP contribution in [0.2, 0.25) is 0 Å². The Morgan fingerprint density at radius 2 is 1.94 bits per heavy atom. The minimum atomic E-state index is 0.253. The summed E-state index contributed by atoms with van der Waals surface area (Å²) in [5, 5.41) is 3.59. The summed E-state index contributed by atoms with van der Waals surface area (Å²) < 4.78 is 0. The number of nitrogens with one attached hydrogen (secondary N) is 1. The second-order valence-electron chi connectivity index (χ2n) is 6.33. The van der Waals surface area contributed by atoms with Gasteiger partial charge in [0.05, 0.1) is 0 Å². The van der Waals surface area contributed by atoms with E-state index in [1.807, 2.05) is 0 Å². The molecule has 2 saturated heterocycles. The highest BCUT2D eigenvalue weighted by Gasteiger charge is 2.30. The Kier molecular flexibility index (Phi) is 4.45. The van der Waals surface area contributed by atoms with Gasteiger partial charge in [-0.3, -0.25) is 9.80 Å². The second kappa shape index (κ2) is 5.68.